The summed E-state index contributed by atoms with van der Waals surface area (Å²) in [5.74, 6) is -3.42. The number of nitrogens with two attached hydrogens (primary N) is 1. The third-order valence-corrected chi connectivity index (χ3v) is 2.46. The van der Waals surface area contributed by atoms with E-state index in [0.717, 1.165) is 11.1 Å². The van der Waals surface area contributed by atoms with Gasteiger partial charge in [0.25, 0.3) is 5.92 Å². The molecule has 0 radical (unpaired) electrons. The van der Waals surface area contributed by atoms with Gasteiger partial charge < -0.3 is 10.8 Å². The van der Waals surface area contributed by atoms with Gasteiger partial charge >= 0.3 is 0 Å². The Bertz CT molecular complexity index is 364. The predicted octanol–water partition coefficient (Wildman–Crippen LogP) is 2.45. The summed E-state index contributed by atoms with van der Waals surface area (Å²) in [6, 6.07) is 2.68. The molecule has 0 unspecified atom stereocenters. The first-order valence-corrected chi connectivity index (χ1v) is 4.77. The Labute approximate surface area is 87.7 Å². The van der Waals surface area contributed by atoms with Crippen LogP contribution in [0.2, 0.25) is 0 Å². The second-order valence-corrected chi connectivity index (χ2v) is 3.70. The highest BCUT2D eigenvalue weighted by atomic mass is 19.3. The van der Waals surface area contributed by atoms with Crippen molar-refractivity contribution in [2.75, 3.05) is 6.54 Å². The van der Waals surface area contributed by atoms with Crippen LogP contribution in [0, 0.1) is 13.8 Å². The molecule has 0 fully saturated rings. The molecule has 4 heteroatoms. The van der Waals surface area contributed by atoms with Gasteiger partial charge in [-0.25, -0.2) is 8.78 Å². The van der Waals surface area contributed by atoms with Gasteiger partial charge in [0.2, 0.25) is 0 Å². The smallest absolute Gasteiger partial charge is 0.278 e. The predicted molar refractivity (Wildman–Crippen MR) is 55.1 cm³/mol. The topological polar surface area (TPSA) is 46.2 Å². The lowest BCUT2D eigenvalue weighted by molar-refractivity contribution is -0.0128. The Hall–Kier alpha value is -1.16. The summed E-state index contributed by atoms with van der Waals surface area (Å²) in [6.07, 6.45) is -0.455. The Morgan fingerprint density at radius 2 is 1.80 bits per heavy atom. The number of phenols is 1. The summed E-state index contributed by atoms with van der Waals surface area (Å²) in [5, 5.41) is 9.46. The first-order valence-electron chi connectivity index (χ1n) is 4.77. The largest absolute Gasteiger partial charge is 0.507 e. The van der Waals surface area contributed by atoms with Crippen LogP contribution in [0.25, 0.3) is 0 Å². The van der Waals surface area contributed by atoms with Crippen LogP contribution in [0.4, 0.5) is 8.78 Å². The second kappa shape index (κ2) is 4.14. The number of phenolic OH excluding ortho intramolecular Hbond substituents is 1. The summed E-state index contributed by atoms with van der Waals surface area (Å²) in [6.45, 7) is 3.38. The lowest BCUT2D eigenvalue weighted by Gasteiger charge is -2.18. The third kappa shape index (κ3) is 2.45. The molecule has 15 heavy (non-hydrogen) atoms. The van der Waals surface area contributed by atoms with Crippen molar-refractivity contribution in [1.29, 1.82) is 0 Å². The number of halogens is 2. The van der Waals surface area contributed by atoms with Crippen LogP contribution in [-0.2, 0) is 5.92 Å². The minimum atomic E-state index is -3.06. The lowest BCUT2D eigenvalue weighted by Crippen LogP contribution is -2.19. The Morgan fingerprint density at radius 1 is 1.27 bits per heavy atom. The molecule has 0 aliphatic heterocycles. The molecule has 0 saturated carbocycles. The van der Waals surface area contributed by atoms with Crippen LogP contribution in [0.15, 0.2) is 12.1 Å². The SMILES string of the molecule is Cc1cc(O)c(C(F)(F)CCN)cc1C. The average molecular weight is 215 g/mol. The van der Waals surface area contributed by atoms with Gasteiger partial charge in [-0.05, 0) is 43.7 Å². The number of hydrogen-bond acceptors (Lipinski definition) is 2. The molecule has 0 aromatic heterocycles. The van der Waals surface area contributed by atoms with Gasteiger partial charge in [0.15, 0.2) is 0 Å². The number of benzene rings is 1. The van der Waals surface area contributed by atoms with E-state index in [1.165, 1.54) is 12.1 Å². The van der Waals surface area contributed by atoms with E-state index in [1.54, 1.807) is 13.8 Å². The summed E-state index contributed by atoms with van der Waals surface area (Å²) in [7, 11) is 0. The Morgan fingerprint density at radius 3 is 2.33 bits per heavy atom. The van der Waals surface area contributed by atoms with E-state index < -0.39 is 12.3 Å². The number of aryl methyl sites for hydroxylation is 2. The molecule has 3 N–H and O–H groups in total. The van der Waals surface area contributed by atoms with Gasteiger partial charge in [0, 0.05) is 6.42 Å². The molecular formula is C11H15F2NO. The van der Waals surface area contributed by atoms with Crippen molar-refractivity contribution in [3.05, 3.63) is 28.8 Å². The lowest BCUT2D eigenvalue weighted by atomic mass is 9.99. The third-order valence-electron chi connectivity index (χ3n) is 2.46. The highest BCUT2D eigenvalue weighted by Crippen LogP contribution is 2.38. The molecule has 1 rings (SSSR count). The minimum absolute atomic E-state index is 0.112. The molecule has 0 saturated heterocycles. The van der Waals surface area contributed by atoms with Gasteiger partial charge in [0.05, 0.1) is 5.56 Å². The fourth-order valence-electron chi connectivity index (χ4n) is 1.41. The maximum absolute atomic E-state index is 13.5. The first kappa shape index (κ1) is 11.9. The van der Waals surface area contributed by atoms with Gasteiger partial charge in [-0.3, -0.25) is 0 Å². The molecule has 0 amide bonds. The highest BCUT2D eigenvalue weighted by molar-refractivity contribution is 5.43. The quantitative estimate of drug-likeness (QED) is 0.813. The van der Waals surface area contributed by atoms with Crippen molar-refractivity contribution >= 4 is 0 Å². The van der Waals surface area contributed by atoms with Crippen molar-refractivity contribution in [3.63, 3.8) is 0 Å². The van der Waals surface area contributed by atoms with Crippen LogP contribution in [-0.4, -0.2) is 11.7 Å². The zero-order chi connectivity index (χ0) is 11.6. The molecule has 1 aromatic rings. The maximum atomic E-state index is 13.5. The molecular weight excluding hydrogens is 200 g/mol. The van der Waals surface area contributed by atoms with E-state index in [4.69, 9.17) is 5.73 Å². The number of rotatable bonds is 3. The second-order valence-electron chi connectivity index (χ2n) is 3.70. The fraction of sp³-hybridized carbons (Fsp3) is 0.455. The summed E-state index contributed by atoms with van der Waals surface area (Å²) in [4.78, 5) is 0. The summed E-state index contributed by atoms with van der Waals surface area (Å²) >= 11 is 0. The van der Waals surface area contributed by atoms with Gasteiger partial charge in [-0.15, -0.1) is 0 Å². The molecule has 0 heterocycles. The van der Waals surface area contributed by atoms with Crippen molar-refractivity contribution < 1.29 is 13.9 Å². The van der Waals surface area contributed by atoms with Crippen LogP contribution in [0.5, 0.6) is 5.75 Å². The molecule has 0 aliphatic rings. The molecule has 1 aromatic carbocycles. The van der Waals surface area contributed by atoms with Crippen LogP contribution >= 0.6 is 0 Å². The van der Waals surface area contributed by atoms with Gasteiger partial charge in [-0.2, -0.15) is 0 Å². The molecule has 0 aliphatic carbocycles. The standard InChI is InChI=1S/C11H15F2NO/c1-7-5-9(10(15)6-8(7)2)11(12,13)3-4-14/h5-6,15H,3-4,14H2,1-2H3. The molecule has 2 nitrogen and oxygen atoms in total. The zero-order valence-electron chi connectivity index (χ0n) is 8.85. The molecule has 0 spiro atoms. The van der Waals surface area contributed by atoms with Crippen LogP contribution in [0.3, 0.4) is 0 Å². The van der Waals surface area contributed by atoms with E-state index >= 15 is 0 Å². The molecule has 0 atom stereocenters. The van der Waals surface area contributed by atoms with Crippen molar-refractivity contribution in [2.24, 2.45) is 5.73 Å². The van der Waals surface area contributed by atoms with E-state index in [1.807, 2.05) is 0 Å². The first-order chi connectivity index (χ1) is 6.88. The van der Waals surface area contributed by atoms with Crippen molar-refractivity contribution in [3.8, 4) is 5.75 Å². The maximum Gasteiger partial charge on any atom is 0.278 e. The number of alkyl halides is 2. The van der Waals surface area contributed by atoms with E-state index in [-0.39, 0.29) is 17.9 Å². The summed E-state index contributed by atoms with van der Waals surface area (Å²) in [5.41, 5.74) is 6.30. The van der Waals surface area contributed by atoms with Crippen LogP contribution < -0.4 is 5.73 Å². The number of hydrogen-bond donors (Lipinski definition) is 2. The summed E-state index contributed by atoms with van der Waals surface area (Å²) < 4.78 is 27.0. The van der Waals surface area contributed by atoms with Crippen molar-refractivity contribution in [2.45, 2.75) is 26.2 Å². The van der Waals surface area contributed by atoms with E-state index in [0.29, 0.717) is 0 Å². The van der Waals surface area contributed by atoms with E-state index in [9.17, 15) is 13.9 Å². The average Bonchev–Trinajstić information content (AvgIpc) is 2.11. The molecule has 84 valence electrons. The highest BCUT2D eigenvalue weighted by Gasteiger charge is 2.33. The molecule has 0 bridgehead atoms. The van der Waals surface area contributed by atoms with Gasteiger partial charge in [0.1, 0.15) is 5.75 Å². The van der Waals surface area contributed by atoms with Gasteiger partial charge in [-0.1, -0.05) is 0 Å². The van der Waals surface area contributed by atoms with Crippen molar-refractivity contribution in [1.82, 2.24) is 0 Å². The monoisotopic (exact) mass is 215 g/mol. The normalized spacial score (nSPS) is 11.8. The van der Waals surface area contributed by atoms with Crippen LogP contribution in [0.1, 0.15) is 23.1 Å². The Balaban J connectivity index is 3.19. The minimum Gasteiger partial charge on any atom is -0.507 e. The zero-order valence-corrected chi connectivity index (χ0v) is 8.85. The Kier molecular flexibility index (Phi) is 3.29. The van der Waals surface area contributed by atoms with E-state index in [2.05, 4.69) is 0 Å². The number of aromatic hydroxyl groups is 1. The fourth-order valence-corrected chi connectivity index (χ4v) is 1.41.